The van der Waals surface area contributed by atoms with Crippen molar-refractivity contribution in [1.82, 2.24) is 20.5 Å². The molecule has 0 bridgehead atoms. The standard InChI is InChI=1S/C19H21F3N4O2.2ClH/c20-19(21,22)17(26-10-8-24-9-11-26)13-25-18(27)14-2-1-3-16(12-14)28-15-4-6-23-7-5-15;;/h1-7,12,17,24H,8-11,13H2,(H,25,27);2*1H. The molecule has 2 N–H and O–H groups in total. The summed E-state index contributed by atoms with van der Waals surface area (Å²) in [4.78, 5) is 17.6. The summed E-state index contributed by atoms with van der Waals surface area (Å²) in [5.41, 5.74) is 0.229. The normalized spacial score (nSPS) is 15.3. The lowest BCUT2D eigenvalue weighted by molar-refractivity contribution is -0.183. The molecule has 30 heavy (non-hydrogen) atoms. The summed E-state index contributed by atoms with van der Waals surface area (Å²) in [6.45, 7) is 1.06. The second-order valence-electron chi connectivity index (χ2n) is 6.37. The van der Waals surface area contributed by atoms with Gasteiger partial charge in [-0.1, -0.05) is 6.07 Å². The molecule has 2 heterocycles. The summed E-state index contributed by atoms with van der Waals surface area (Å²) >= 11 is 0. The molecule has 3 rings (SSSR count). The predicted octanol–water partition coefficient (Wildman–Crippen LogP) is 3.28. The van der Waals surface area contributed by atoms with Crippen LogP contribution in [0, 0.1) is 0 Å². The van der Waals surface area contributed by atoms with Crippen molar-refractivity contribution >= 4 is 30.7 Å². The van der Waals surface area contributed by atoms with E-state index in [0.717, 1.165) is 0 Å². The number of hydrogen-bond acceptors (Lipinski definition) is 5. The monoisotopic (exact) mass is 466 g/mol. The highest BCUT2D eigenvalue weighted by Gasteiger charge is 2.43. The van der Waals surface area contributed by atoms with Crippen molar-refractivity contribution < 1.29 is 22.7 Å². The van der Waals surface area contributed by atoms with Crippen molar-refractivity contribution in [3.05, 3.63) is 54.4 Å². The summed E-state index contributed by atoms with van der Waals surface area (Å²) in [7, 11) is 0. The molecule has 0 spiro atoms. The third kappa shape index (κ3) is 7.32. The van der Waals surface area contributed by atoms with Gasteiger partial charge in [-0.15, -0.1) is 24.8 Å². The van der Waals surface area contributed by atoms with Gasteiger partial charge in [0.25, 0.3) is 5.91 Å². The Kier molecular flexibility index (Phi) is 10.3. The molecule has 2 aromatic rings. The van der Waals surface area contributed by atoms with Gasteiger partial charge < -0.3 is 15.4 Å². The Balaban J connectivity index is 0.00000225. The number of rotatable bonds is 6. The van der Waals surface area contributed by atoms with Crippen molar-refractivity contribution in [2.45, 2.75) is 12.2 Å². The number of benzene rings is 1. The van der Waals surface area contributed by atoms with Gasteiger partial charge in [0.2, 0.25) is 0 Å². The zero-order chi connectivity index (χ0) is 20.0. The first-order valence-electron chi connectivity index (χ1n) is 8.91. The number of aromatic nitrogens is 1. The molecule has 11 heteroatoms. The molecule has 1 aliphatic heterocycles. The smallest absolute Gasteiger partial charge is 0.405 e. The van der Waals surface area contributed by atoms with E-state index in [1.807, 2.05) is 0 Å². The van der Waals surface area contributed by atoms with Crippen LogP contribution in [0.1, 0.15) is 10.4 Å². The molecule has 1 aromatic heterocycles. The Morgan fingerprint density at radius 3 is 2.43 bits per heavy atom. The van der Waals surface area contributed by atoms with Crippen LogP contribution in [0.5, 0.6) is 11.5 Å². The molecule has 1 aromatic carbocycles. The van der Waals surface area contributed by atoms with Gasteiger partial charge in [0, 0.05) is 50.7 Å². The highest BCUT2D eigenvalue weighted by Crippen LogP contribution is 2.25. The molecule has 1 saturated heterocycles. The summed E-state index contributed by atoms with van der Waals surface area (Å²) in [5.74, 6) is 0.376. The van der Waals surface area contributed by atoms with Crippen LogP contribution in [0.2, 0.25) is 0 Å². The molecule has 0 aliphatic carbocycles. The lowest BCUT2D eigenvalue weighted by Crippen LogP contribution is -2.57. The van der Waals surface area contributed by atoms with E-state index in [9.17, 15) is 18.0 Å². The molecule has 1 amide bonds. The first-order chi connectivity index (χ1) is 13.4. The fourth-order valence-corrected chi connectivity index (χ4v) is 2.98. The zero-order valence-electron chi connectivity index (χ0n) is 15.9. The number of nitrogens with zero attached hydrogens (tertiary/aromatic N) is 2. The lowest BCUT2D eigenvalue weighted by Gasteiger charge is -2.35. The molecule has 0 radical (unpaired) electrons. The molecule has 1 fully saturated rings. The maximum Gasteiger partial charge on any atom is 0.405 e. The summed E-state index contributed by atoms with van der Waals surface area (Å²) in [6.07, 6.45) is -1.28. The first kappa shape index (κ1) is 26.0. The van der Waals surface area contributed by atoms with Crippen LogP contribution in [0.15, 0.2) is 48.8 Å². The van der Waals surface area contributed by atoms with Crippen molar-refractivity contribution in [3.8, 4) is 11.5 Å². The fourth-order valence-electron chi connectivity index (χ4n) is 2.98. The van der Waals surface area contributed by atoms with Gasteiger partial charge in [-0.3, -0.25) is 14.7 Å². The van der Waals surface area contributed by atoms with Gasteiger partial charge in [-0.2, -0.15) is 13.2 Å². The number of carbonyl (C=O) groups is 1. The van der Waals surface area contributed by atoms with E-state index in [4.69, 9.17) is 4.74 Å². The van der Waals surface area contributed by atoms with Gasteiger partial charge >= 0.3 is 6.18 Å². The van der Waals surface area contributed by atoms with E-state index in [0.29, 0.717) is 24.6 Å². The number of carbonyl (C=O) groups excluding carboxylic acids is 1. The highest BCUT2D eigenvalue weighted by atomic mass is 35.5. The maximum atomic E-state index is 13.4. The number of piperazine rings is 1. The third-order valence-corrected chi connectivity index (χ3v) is 4.41. The molecule has 166 valence electrons. The maximum absolute atomic E-state index is 13.4. The second-order valence-corrected chi connectivity index (χ2v) is 6.37. The topological polar surface area (TPSA) is 66.5 Å². The number of amides is 1. The third-order valence-electron chi connectivity index (χ3n) is 4.41. The number of ether oxygens (including phenoxy) is 1. The number of hydrogen-bond donors (Lipinski definition) is 2. The zero-order valence-corrected chi connectivity index (χ0v) is 17.5. The quantitative estimate of drug-likeness (QED) is 0.683. The van der Waals surface area contributed by atoms with Crippen molar-refractivity contribution in [3.63, 3.8) is 0 Å². The fraction of sp³-hybridized carbons (Fsp3) is 0.368. The van der Waals surface area contributed by atoms with Crippen LogP contribution in [-0.4, -0.2) is 60.7 Å². The molecule has 1 unspecified atom stereocenters. The Hall–Kier alpha value is -2.07. The molecule has 6 nitrogen and oxygen atoms in total. The Bertz CT molecular complexity index is 791. The minimum atomic E-state index is -4.42. The number of pyridine rings is 1. The number of alkyl halides is 3. The lowest BCUT2D eigenvalue weighted by atomic mass is 10.1. The minimum Gasteiger partial charge on any atom is -0.457 e. The Morgan fingerprint density at radius 2 is 1.80 bits per heavy atom. The van der Waals surface area contributed by atoms with Crippen LogP contribution in [0.3, 0.4) is 0 Å². The van der Waals surface area contributed by atoms with E-state index in [2.05, 4.69) is 15.6 Å². The number of halogens is 5. The Labute approximate surface area is 185 Å². The molecular weight excluding hydrogens is 444 g/mol. The van der Waals surface area contributed by atoms with Gasteiger partial charge in [-0.25, -0.2) is 0 Å². The molecular formula is C19H23Cl2F3N4O2. The second kappa shape index (κ2) is 11.9. The average Bonchev–Trinajstić information content (AvgIpc) is 2.69. The SMILES string of the molecule is Cl.Cl.O=C(NCC(N1CCNCC1)C(F)(F)F)c1cccc(Oc2ccncc2)c1. The summed E-state index contributed by atoms with van der Waals surface area (Å²) < 4.78 is 45.9. The van der Waals surface area contributed by atoms with Crippen LogP contribution in [0.4, 0.5) is 13.2 Å². The summed E-state index contributed by atoms with van der Waals surface area (Å²) in [5, 5.41) is 5.43. The molecule has 0 saturated carbocycles. The van der Waals surface area contributed by atoms with E-state index in [1.165, 1.54) is 17.0 Å². The minimum absolute atomic E-state index is 0. The van der Waals surface area contributed by atoms with Gasteiger partial charge in [0.05, 0.1) is 0 Å². The van der Waals surface area contributed by atoms with Crippen LogP contribution in [-0.2, 0) is 0 Å². The van der Waals surface area contributed by atoms with E-state index in [-0.39, 0.29) is 43.5 Å². The summed E-state index contributed by atoms with van der Waals surface area (Å²) in [6, 6.07) is 7.90. The van der Waals surface area contributed by atoms with Crippen molar-refractivity contribution in [2.75, 3.05) is 32.7 Å². The first-order valence-corrected chi connectivity index (χ1v) is 8.91. The average molecular weight is 467 g/mol. The van der Waals surface area contributed by atoms with Gasteiger partial charge in [0.15, 0.2) is 0 Å². The van der Waals surface area contributed by atoms with Crippen LogP contribution >= 0.6 is 24.8 Å². The van der Waals surface area contributed by atoms with Gasteiger partial charge in [0.1, 0.15) is 17.5 Å². The predicted molar refractivity (Wildman–Crippen MR) is 112 cm³/mol. The molecule has 1 aliphatic rings. The van der Waals surface area contributed by atoms with E-state index in [1.54, 1.807) is 36.7 Å². The largest absolute Gasteiger partial charge is 0.457 e. The van der Waals surface area contributed by atoms with E-state index >= 15 is 0 Å². The van der Waals surface area contributed by atoms with Crippen LogP contribution < -0.4 is 15.4 Å². The van der Waals surface area contributed by atoms with Crippen molar-refractivity contribution in [2.24, 2.45) is 0 Å². The van der Waals surface area contributed by atoms with E-state index < -0.39 is 24.7 Å². The number of nitrogens with one attached hydrogen (secondary N) is 2. The van der Waals surface area contributed by atoms with Gasteiger partial charge in [-0.05, 0) is 30.3 Å². The molecule has 1 atom stereocenters. The highest BCUT2D eigenvalue weighted by molar-refractivity contribution is 5.94. The van der Waals surface area contributed by atoms with Crippen LogP contribution in [0.25, 0.3) is 0 Å². The van der Waals surface area contributed by atoms with Crippen molar-refractivity contribution in [1.29, 1.82) is 0 Å². The Morgan fingerprint density at radius 1 is 1.13 bits per heavy atom.